The van der Waals surface area contributed by atoms with Crippen LogP contribution in [0.1, 0.15) is 53.9 Å². The lowest BCUT2D eigenvalue weighted by molar-refractivity contribution is -0.139. The smallest absolute Gasteiger partial charge is 0.341 e. The summed E-state index contributed by atoms with van der Waals surface area (Å²) in [6.07, 6.45) is 5.06. The van der Waals surface area contributed by atoms with E-state index in [4.69, 9.17) is 9.47 Å². The Morgan fingerprint density at radius 3 is 2.50 bits per heavy atom. The summed E-state index contributed by atoms with van der Waals surface area (Å²) in [6.45, 7) is 4.14. The predicted octanol–water partition coefficient (Wildman–Crippen LogP) is 3.43. The minimum atomic E-state index is -0.374. The number of nitrogens with one attached hydrogen (secondary N) is 1. The first-order valence-corrected chi connectivity index (χ1v) is 10.9. The molecular weight excluding hydrogens is 374 g/mol. The number of hydrogen-bond acceptors (Lipinski definition) is 7. The van der Waals surface area contributed by atoms with Crippen LogP contribution in [0.5, 0.6) is 0 Å². The number of fused-ring (bicyclic) bond motifs is 1. The second kappa shape index (κ2) is 10.6. The fraction of sp³-hybridized carbons (Fsp3) is 0.611. The van der Waals surface area contributed by atoms with Crippen molar-refractivity contribution in [2.24, 2.45) is 0 Å². The lowest BCUT2D eigenvalue weighted by atomic mass is 10.1. The van der Waals surface area contributed by atoms with E-state index in [0.717, 1.165) is 37.7 Å². The van der Waals surface area contributed by atoms with E-state index in [1.807, 2.05) is 0 Å². The van der Waals surface area contributed by atoms with Gasteiger partial charge >= 0.3 is 11.9 Å². The highest BCUT2D eigenvalue weighted by atomic mass is 32.2. The van der Waals surface area contributed by atoms with Gasteiger partial charge in [0.1, 0.15) is 5.00 Å². The van der Waals surface area contributed by atoms with E-state index in [9.17, 15) is 14.4 Å². The van der Waals surface area contributed by atoms with E-state index in [-0.39, 0.29) is 29.4 Å². The molecule has 1 aliphatic rings. The summed E-state index contributed by atoms with van der Waals surface area (Å²) < 4.78 is 10.0. The van der Waals surface area contributed by atoms with Gasteiger partial charge in [-0.1, -0.05) is 6.42 Å². The molecule has 0 spiro atoms. The topological polar surface area (TPSA) is 81.7 Å². The molecule has 0 aliphatic heterocycles. The number of thioether (sulfide) groups is 1. The minimum absolute atomic E-state index is 0.129. The highest BCUT2D eigenvalue weighted by molar-refractivity contribution is 8.00. The van der Waals surface area contributed by atoms with Crippen molar-refractivity contribution >= 4 is 45.9 Å². The molecule has 0 saturated heterocycles. The number of hydrogen-bond donors (Lipinski definition) is 1. The lowest BCUT2D eigenvalue weighted by Crippen LogP contribution is -2.18. The molecule has 0 bridgehead atoms. The van der Waals surface area contributed by atoms with Crippen LogP contribution in [0, 0.1) is 0 Å². The maximum Gasteiger partial charge on any atom is 0.341 e. The molecule has 6 nitrogen and oxygen atoms in total. The van der Waals surface area contributed by atoms with Crippen molar-refractivity contribution in [3.63, 3.8) is 0 Å². The maximum atomic E-state index is 12.4. The van der Waals surface area contributed by atoms with Crippen LogP contribution in [0.25, 0.3) is 0 Å². The third kappa shape index (κ3) is 5.74. The van der Waals surface area contributed by atoms with E-state index >= 15 is 0 Å². The van der Waals surface area contributed by atoms with E-state index in [1.54, 1.807) is 13.8 Å². The second-order valence-electron chi connectivity index (χ2n) is 5.84. The third-order valence-corrected chi connectivity index (χ3v) is 6.03. The van der Waals surface area contributed by atoms with E-state index < -0.39 is 0 Å². The van der Waals surface area contributed by atoms with E-state index in [1.165, 1.54) is 28.0 Å². The van der Waals surface area contributed by atoms with Crippen LogP contribution in [0.4, 0.5) is 5.00 Å². The zero-order valence-electron chi connectivity index (χ0n) is 15.2. The van der Waals surface area contributed by atoms with Gasteiger partial charge in [0.2, 0.25) is 5.91 Å². The van der Waals surface area contributed by atoms with Gasteiger partial charge in [0.15, 0.2) is 0 Å². The van der Waals surface area contributed by atoms with Crippen molar-refractivity contribution in [3.05, 3.63) is 16.0 Å². The second-order valence-corrected chi connectivity index (χ2v) is 7.93. The minimum Gasteiger partial charge on any atom is -0.465 e. The molecule has 1 aromatic heterocycles. The van der Waals surface area contributed by atoms with Crippen molar-refractivity contribution in [1.29, 1.82) is 0 Å². The monoisotopic (exact) mass is 399 g/mol. The number of amides is 1. The van der Waals surface area contributed by atoms with Gasteiger partial charge in [-0.05, 0) is 45.1 Å². The first-order valence-electron chi connectivity index (χ1n) is 8.91. The summed E-state index contributed by atoms with van der Waals surface area (Å²) in [4.78, 5) is 37.2. The fourth-order valence-electron chi connectivity index (χ4n) is 2.84. The SMILES string of the molecule is CCOC(=O)CSCC(=O)Nc1sc2c(c1C(=O)OCC)CCCCC2. The number of rotatable bonds is 8. The van der Waals surface area contributed by atoms with Crippen molar-refractivity contribution in [2.45, 2.75) is 46.0 Å². The van der Waals surface area contributed by atoms with Gasteiger partial charge in [0.25, 0.3) is 0 Å². The summed E-state index contributed by atoms with van der Waals surface area (Å²) in [6, 6.07) is 0. The summed E-state index contributed by atoms with van der Waals surface area (Å²) >= 11 is 2.67. The maximum absolute atomic E-state index is 12.4. The van der Waals surface area contributed by atoms with Crippen molar-refractivity contribution in [2.75, 3.05) is 30.0 Å². The standard InChI is InChI=1S/C18H25NO5S2/c1-3-23-15(21)11-25-10-14(20)19-17-16(18(22)24-4-2)12-8-6-5-7-9-13(12)26-17/h3-11H2,1-2H3,(H,19,20). The van der Waals surface area contributed by atoms with Gasteiger partial charge in [-0.2, -0.15) is 0 Å². The molecule has 0 aromatic carbocycles. The predicted molar refractivity (Wildman–Crippen MR) is 104 cm³/mol. The highest BCUT2D eigenvalue weighted by Gasteiger charge is 2.26. The molecule has 0 saturated carbocycles. The molecule has 8 heteroatoms. The summed E-state index contributed by atoms with van der Waals surface area (Å²) in [7, 11) is 0. The molecule has 1 heterocycles. The van der Waals surface area contributed by atoms with Crippen LogP contribution < -0.4 is 5.32 Å². The first-order chi connectivity index (χ1) is 12.6. The average molecular weight is 400 g/mol. The Kier molecular flexibility index (Phi) is 8.44. The summed E-state index contributed by atoms with van der Waals surface area (Å²) in [5.41, 5.74) is 1.54. The number of thiophene rings is 1. The summed E-state index contributed by atoms with van der Waals surface area (Å²) in [5, 5.41) is 3.41. The van der Waals surface area contributed by atoms with Gasteiger partial charge < -0.3 is 14.8 Å². The zero-order valence-corrected chi connectivity index (χ0v) is 16.9. The van der Waals surface area contributed by atoms with Crippen LogP contribution in [0.15, 0.2) is 0 Å². The third-order valence-electron chi connectivity index (χ3n) is 3.91. The fourth-order valence-corrected chi connectivity index (χ4v) is 4.75. The van der Waals surface area contributed by atoms with Gasteiger partial charge in [-0.15, -0.1) is 23.1 Å². The van der Waals surface area contributed by atoms with E-state index in [2.05, 4.69) is 5.32 Å². The van der Waals surface area contributed by atoms with Crippen molar-refractivity contribution in [1.82, 2.24) is 0 Å². The molecule has 0 unspecified atom stereocenters. The molecular formula is C18H25NO5S2. The molecule has 0 fully saturated rings. The number of carbonyl (C=O) groups excluding carboxylic acids is 3. The van der Waals surface area contributed by atoms with Crippen molar-refractivity contribution < 1.29 is 23.9 Å². The molecule has 1 amide bonds. The number of anilines is 1. The first kappa shape index (κ1) is 20.8. The number of ether oxygens (including phenoxy) is 2. The van der Waals surface area contributed by atoms with E-state index in [0.29, 0.717) is 23.8 Å². The van der Waals surface area contributed by atoms with Gasteiger partial charge in [0.05, 0.1) is 30.3 Å². The molecule has 1 aromatic rings. The Bertz CT molecular complexity index is 656. The van der Waals surface area contributed by atoms with Crippen LogP contribution in [0.3, 0.4) is 0 Å². The highest BCUT2D eigenvalue weighted by Crippen LogP contribution is 2.38. The summed E-state index contributed by atoms with van der Waals surface area (Å²) in [5.74, 6) is -0.681. The Morgan fingerprint density at radius 1 is 1.04 bits per heavy atom. The Morgan fingerprint density at radius 2 is 1.77 bits per heavy atom. The van der Waals surface area contributed by atoms with Crippen molar-refractivity contribution in [3.8, 4) is 0 Å². The number of esters is 2. The average Bonchev–Trinajstić information content (AvgIpc) is 2.76. The number of carbonyl (C=O) groups is 3. The van der Waals surface area contributed by atoms with Crippen LogP contribution in [0.2, 0.25) is 0 Å². The lowest BCUT2D eigenvalue weighted by Gasteiger charge is -2.08. The quantitative estimate of drug-likeness (QED) is 0.533. The zero-order chi connectivity index (χ0) is 18.9. The van der Waals surface area contributed by atoms with Gasteiger partial charge in [-0.3, -0.25) is 9.59 Å². The molecule has 2 rings (SSSR count). The Hall–Kier alpha value is -1.54. The van der Waals surface area contributed by atoms with Crippen LogP contribution in [-0.2, 0) is 31.9 Å². The van der Waals surface area contributed by atoms with Crippen LogP contribution >= 0.6 is 23.1 Å². The largest absolute Gasteiger partial charge is 0.465 e. The molecule has 0 atom stereocenters. The Balaban J connectivity index is 2.06. The molecule has 1 aliphatic carbocycles. The Labute approximate surface area is 162 Å². The normalized spacial score (nSPS) is 13.5. The van der Waals surface area contributed by atoms with Gasteiger partial charge in [0, 0.05) is 4.88 Å². The molecule has 1 N–H and O–H groups in total. The molecule has 144 valence electrons. The number of aryl methyl sites for hydroxylation is 1. The molecule has 0 radical (unpaired) electrons. The molecule has 26 heavy (non-hydrogen) atoms. The van der Waals surface area contributed by atoms with Gasteiger partial charge in [-0.25, -0.2) is 4.79 Å². The van der Waals surface area contributed by atoms with Crippen LogP contribution in [-0.4, -0.2) is 42.6 Å².